The largest absolute Gasteiger partial charge is 0.331 e. The Morgan fingerprint density at radius 2 is 2.28 bits per heavy atom. The van der Waals surface area contributed by atoms with Crippen molar-refractivity contribution < 1.29 is 4.39 Å². The van der Waals surface area contributed by atoms with E-state index in [0.29, 0.717) is 14.4 Å². The number of hydrogen-bond donors (Lipinski definition) is 1. The summed E-state index contributed by atoms with van der Waals surface area (Å²) in [7, 11) is 0. The quantitative estimate of drug-likeness (QED) is 0.603. The second-order valence-corrected chi connectivity index (χ2v) is 6.66. The summed E-state index contributed by atoms with van der Waals surface area (Å²) in [6.07, 6.45) is 3.79. The Balaban J connectivity index is 2.11. The van der Waals surface area contributed by atoms with Crippen LogP contribution in [0.15, 0.2) is 12.1 Å². The van der Waals surface area contributed by atoms with Gasteiger partial charge in [0, 0.05) is 12.1 Å². The van der Waals surface area contributed by atoms with E-state index in [-0.39, 0.29) is 5.82 Å². The molecule has 0 aliphatic heterocycles. The molecule has 1 aliphatic rings. The Morgan fingerprint density at radius 1 is 1.56 bits per heavy atom. The third-order valence-corrected chi connectivity index (χ3v) is 4.70. The van der Waals surface area contributed by atoms with Crippen molar-refractivity contribution in [3.05, 3.63) is 26.3 Å². The van der Waals surface area contributed by atoms with Crippen LogP contribution >= 0.6 is 34.8 Å². The number of nitrogens with one attached hydrogen (secondary N) is 1. The lowest BCUT2D eigenvalue weighted by Gasteiger charge is -2.14. The maximum Gasteiger partial charge on any atom is 0.178 e. The van der Waals surface area contributed by atoms with E-state index in [1.54, 1.807) is 6.07 Å². The molecule has 1 aliphatic carbocycles. The van der Waals surface area contributed by atoms with Gasteiger partial charge in [0.2, 0.25) is 0 Å². The highest BCUT2D eigenvalue weighted by atomic mass is 127. The minimum absolute atomic E-state index is 0.176. The molecule has 0 spiro atoms. The summed E-state index contributed by atoms with van der Waals surface area (Å²) in [6.45, 7) is 2.16. The smallest absolute Gasteiger partial charge is 0.178 e. The second-order valence-electron chi connectivity index (χ2n) is 5.11. The molecular weight excluding hydrogens is 362 g/mol. The van der Waals surface area contributed by atoms with Crippen LogP contribution in [0.2, 0.25) is 0 Å². The van der Waals surface area contributed by atoms with Crippen molar-refractivity contribution in [2.45, 2.75) is 32.2 Å². The molecule has 2 aromatic rings. The molecule has 96 valence electrons. The van der Waals surface area contributed by atoms with E-state index >= 15 is 0 Å². The second kappa shape index (κ2) is 4.59. The average molecular weight is 376 g/mol. The Labute approximate surface area is 124 Å². The number of imidazole rings is 1. The molecule has 1 N–H and O–H groups in total. The SMILES string of the molecule is CC(CC1CC1)n1c(=S)[nH]c2cc(I)c(F)cc21. The van der Waals surface area contributed by atoms with Gasteiger partial charge in [0.1, 0.15) is 5.82 Å². The Morgan fingerprint density at radius 3 is 2.94 bits per heavy atom. The number of fused-ring (bicyclic) bond motifs is 1. The molecule has 1 unspecified atom stereocenters. The summed E-state index contributed by atoms with van der Waals surface area (Å²) in [4.78, 5) is 3.18. The molecule has 1 aromatic heterocycles. The highest BCUT2D eigenvalue weighted by molar-refractivity contribution is 14.1. The van der Waals surface area contributed by atoms with Crippen molar-refractivity contribution in [1.82, 2.24) is 9.55 Å². The van der Waals surface area contributed by atoms with Crippen LogP contribution in [0.4, 0.5) is 4.39 Å². The maximum absolute atomic E-state index is 13.7. The molecule has 3 rings (SSSR count). The van der Waals surface area contributed by atoms with Gasteiger partial charge < -0.3 is 9.55 Å². The summed E-state index contributed by atoms with van der Waals surface area (Å²) < 4.78 is 17.1. The minimum Gasteiger partial charge on any atom is -0.331 e. The number of benzene rings is 1. The van der Waals surface area contributed by atoms with Gasteiger partial charge in [0.05, 0.1) is 14.6 Å². The zero-order chi connectivity index (χ0) is 12.9. The Hall–Kier alpha value is -0.430. The normalized spacial score (nSPS) is 17.3. The summed E-state index contributed by atoms with van der Waals surface area (Å²) in [5, 5.41) is 0. The van der Waals surface area contributed by atoms with Crippen LogP contribution < -0.4 is 0 Å². The van der Waals surface area contributed by atoms with Crippen molar-refractivity contribution in [3.63, 3.8) is 0 Å². The van der Waals surface area contributed by atoms with Crippen LogP contribution in [0.3, 0.4) is 0 Å². The lowest BCUT2D eigenvalue weighted by Crippen LogP contribution is -2.06. The number of H-pyrrole nitrogens is 1. The van der Waals surface area contributed by atoms with Gasteiger partial charge in [-0.3, -0.25) is 0 Å². The van der Waals surface area contributed by atoms with Crippen LogP contribution in [0.25, 0.3) is 11.0 Å². The fourth-order valence-electron chi connectivity index (χ4n) is 2.50. The van der Waals surface area contributed by atoms with E-state index in [4.69, 9.17) is 12.2 Å². The highest BCUT2D eigenvalue weighted by Crippen LogP contribution is 2.37. The van der Waals surface area contributed by atoms with Gasteiger partial charge in [0.15, 0.2) is 4.77 Å². The lowest BCUT2D eigenvalue weighted by atomic mass is 10.1. The van der Waals surface area contributed by atoms with Crippen molar-refractivity contribution in [2.75, 3.05) is 0 Å². The molecule has 1 atom stereocenters. The van der Waals surface area contributed by atoms with E-state index in [1.807, 2.05) is 28.7 Å². The molecule has 0 radical (unpaired) electrons. The van der Waals surface area contributed by atoms with Gasteiger partial charge >= 0.3 is 0 Å². The molecule has 0 amide bonds. The van der Waals surface area contributed by atoms with Crippen LogP contribution in [0.5, 0.6) is 0 Å². The predicted octanol–water partition coefficient (Wildman–Crippen LogP) is 4.80. The van der Waals surface area contributed by atoms with E-state index in [0.717, 1.165) is 23.4 Å². The first kappa shape index (κ1) is 12.6. The molecule has 2 nitrogen and oxygen atoms in total. The first-order valence-corrected chi connectivity index (χ1v) is 7.64. The third kappa shape index (κ3) is 2.22. The standard InChI is InChI=1S/C13H14FIN2S/c1-7(4-8-2-3-8)17-12-5-9(14)10(15)6-11(12)16-13(17)18/h5-8H,2-4H2,1H3,(H,16,18). The summed E-state index contributed by atoms with van der Waals surface area (Å²) in [5.74, 6) is 0.657. The van der Waals surface area contributed by atoms with E-state index in [9.17, 15) is 4.39 Å². The molecule has 0 saturated heterocycles. The van der Waals surface area contributed by atoms with E-state index in [2.05, 4.69) is 16.5 Å². The number of nitrogens with zero attached hydrogens (tertiary/aromatic N) is 1. The fourth-order valence-corrected chi connectivity index (χ4v) is 3.35. The van der Waals surface area contributed by atoms with Crippen molar-refractivity contribution in [1.29, 1.82) is 0 Å². The number of aromatic amines is 1. The van der Waals surface area contributed by atoms with Gasteiger partial charge in [-0.25, -0.2) is 4.39 Å². The van der Waals surface area contributed by atoms with Gasteiger partial charge in [-0.1, -0.05) is 12.8 Å². The number of hydrogen-bond acceptors (Lipinski definition) is 1. The summed E-state index contributed by atoms with van der Waals surface area (Å²) >= 11 is 7.37. The lowest BCUT2D eigenvalue weighted by molar-refractivity contribution is 0.482. The molecule has 1 heterocycles. The number of aromatic nitrogens is 2. The molecule has 1 saturated carbocycles. The zero-order valence-corrected chi connectivity index (χ0v) is 13.0. The monoisotopic (exact) mass is 376 g/mol. The maximum atomic E-state index is 13.7. The van der Waals surface area contributed by atoms with Gasteiger partial charge in [-0.2, -0.15) is 0 Å². The van der Waals surface area contributed by atoms with Crippen molar-refractivity contribution >= 4 is 45.8 Å². The van der Waals surface area contributed by atoms with Crippen LogP contribution in [0, 0.1) is 20.1 Å². The molecule has 18 heavy (non-hydrogen) atoms. The summed E-state index contributed by atoms with van der Waals surface area (Å²) in [6, 6.07) is 3.74. The molecule has 0 bridgehead atoms. The van der Waals surface area contributed by atoms with Gasteiger partial charge in [-0.15, -0.1) is 0 Å². The summed E-state index contributed by atoms with van der Waals surface area (Å²) in [5.41, 5.74) is 1.81. The minimum atomic E-state index is -0.176. The first-order chi connectivity index (χ1) is 8.56. The van der Waals surface area contributed by atoms with Gasteiger partial charge in [-0.05, 0) is 60.1 Å². The zero-order valence-electron chi connectivity index (χ0n) is 10.0. The average Bonchev–Trinajstić information content (AvgIpc) is 3.03. The molecule has 5 heteroatoms. The van der Waals surface area contributed by atoms with Gasteiger partial charge in [0.25, 0.3) is 0 Å². The molecule has 1 fully saturated rings. The molecule has 1 aromatic carbocycles. The van der Waals surface area contributed by atoms with E-state index < -0.39 is 0 Å². The Bertz CT molecular complexity index is 657. The van der Waals surface area contributed by atoms with Crippen molar-refractivity contribution in [2.24, 2.45) is 5.92 Å². The predicted molar refractivity (Wildman–Crippen MR) is 81.8 cm³/mol. The molecular formula is C13H14FIN2S. The number of rotatable bonds is 3. The highest BCUT2D eigenvalue weighted by Gasteiger charge is 2.25. The Kier molecular flexibility index (Phi) is 3.21. The topological polar surface area (TPSA) is 20.7 Å². The van der Waals surface area contributed by atoms with Crippen LogP contribution in [-0.4, -0.2) is 9.55 Å². The van der Waals surface area contributed by atoms with Crippen molar-refractivity contribution in [3.8, 4) is 0 Å². The third-order valence-electron chi connectivity index (χ3n) is 3.57. The van der Waals surface area contributed by atoms with E-state index in [1.165, 1.54) is 12.8 Å². The fraction of sp³-hybridized carbons (Fsp3) is 0.462. The van der Waals surface area contributed by atoms with Crippen LogP contribution in [0.1, 0.15) is 32.2 Å². The first-order valence-electron chi connectivity index (χ1n) is 6.15. The van der Waals surface area contributed by atoms with Crippen LogP contribution in [-0.2, 0) is 0 Å². The number of halogens is 2.